The summed E-state index contributed by atoms with van der Waals surface area (Å²) in [4.78, 5) is 10.2. The second kappa shape index (κ2) is 3.74. The van der Waals surface area contributed by atoms with Crippen molar-refractivity contribution in [1.82, 2.24) is 0 Å². The zero-order valence-corrected chi connectivity index (χ0v) is 8.58. The lowest BCUT2D eigenvalue weighted by Crippen LogP contribution is -2.19. The summed E-state index contributed by atoms with van der Waals surface area (Å²) in [6.07, 6.45) is 1.57. The van der Waals surface area contributed by atoms with Gasteiger partial charge in [-0.3, -0.25) is 10.1 Å². The molecule has 0 saturated heterocycles. The first kappa shape index (κ1) is 10.3. The molecule has 1 aromatic carbocycles. The lowest BCUT2D eigenvalue weighted by molar-refractivity contribution is -0.384. The first-order valence-corrected chi connectivity index (χ1v) is 4.87. The molecular weight excluding hydrogens is 216 g/mol. The van der Waals surface area contributed by atoms with Gasteiger partial charge in [0.2, 0.25) is 0 Å². The van der Waals surface area contributed by atoms with Crippen molar-refractivity contribution < 1.29 is 9.66 Å². The van der Waals surface area contributed by atoms with Crippen LogP contribution >= 0.6 is 11.6 Å². The Morgan fingerprint density at radius 2 is 2.33 bits per heavy atom. The summed E-state index contributed by atoms with van der Waals surface area (Å²) < 4.78 is 5.34. The quantitative estimate of drug-likeness (QED) is 0.410. The Kier molecular flexibility index (Phi) is 2.56. The fourth-order valence-corrected chi connectivity index (χ4v) is 1.84. The van der Waals surface area contributed by atoms with Gasteiger partial charge in [-0.1, -0.05) is 11.6 Å². The number of hydrogen-bond acceptors (Lipinski definition) is 3. The van der Waals surface area contributed by atoms with E-state index in [0.29, 0.717) is 12.4 Å². The Hall–Kier alpha value is -1.23. The number of nitrogens with zero attached hydrogens (tertiary/aromatic N) is 1. The van der Waals surface area contributed by atoms with Crippen LogP contribution in [0, 0.1) is 10.1 Å². The van der Waals surface area contributed by atoms with Gasteiger partial charge in [0.05, 0.1) is 11.5 Å². The van der Waals surface area contributed by atoms with Crippen LogP contribution in [0.15, 0.2) is 6.07 Å². The molecule has 15 heavy (non-hydrogen) atoms. The average Bonchev–Trinajstić information content (AvgIpc) is 2.23. The average molecular weight is 223 g/mol. The summed E-state index contributed by atoms with van der Waals surface area (Å²) in [5.41, 5.74) is 0.772. The van der Waals surface area contributed by atoms with Crippen molar-refractivity contribution in [1.29, 1.82) is 0 Å². The Bertz CT molecular complexity index is 436. The largest absolute Gasteiger partial charge is 0.494 e. The SMILES string of the molecule is [B]c1c(Cl)c([N+](=O)[O-])cc2c1OCCC2. The van der Waals surface area contributed by atoms with Crippen LogP contribution in [0.1, 0.15) is 12.0 Å². The zero-order chi connectivity index (χ0) is 11.0. The highest BCUT2D eigenvalue weighted by atomic mass is 35.5. The molecule has 0 aromatic heterocycles. The van der Waals surface area contributed by atoms with Crippen LogP contribution in [-0.2, 0) is 6.42 Å². The molecule has 1 heterocycles. The van der Waals surface area contributed by atoms with Crippen LogP contribution in [0.5, 0.6) is 5.75 Å². The van der Waals surface area contributed by atoms with E-state index in [1.807, 2.05) is 0 Å². The normalized spacial score (nSPS) is 14.2. The van der Waals surface area contributed by atoms with Gasteiger partial charge < -0.3 is 4.74 Å². The molecule has 2 radical (unpaired) electrons. The third kappa shape index (κ3) is 1.67. The summed E-state index contributed by atoms with van der Waals surface area (Å²) in [5, 5.41) is 10.6. The predicted octanol–water partition coefficient (Wildman–Crippen LogP) is 1.37. The van der Waals surface area contributed by atoms with Crippen LogP contribution in [0.2, 0.25) is 5.02 Å². The second-order valence-electron chi connectivity index (χ2n) is 3.32. The molecule has 4 nitrogen and oxygen atoms in total. The molecule has 0 aliphatic carbocycles. The number of ether oxygens (including phenoxy) is 1. The van der Waals surface area contributed by atoms with E-state index in [1.165, 1.54) is 6.07 Å². The predicted molar refractivity (Wildman–Crippen MR) is 57.3 cm³/mol. The molecule has 0 spiro atoms. The van der Waals surface area contributed by atoms with E-state index >= 15 is 0 Å². The number of fused-ring (bicyclic) bond motifs is 1. The minimum absolute atomic E-state index is 0.0411. The molecule has 6 heteroatoms. The second-order valence-corrected chi connectivity index (χ2v) is 3.70. The number of benzene rings is 1. The first-order valence-electron chi connectivity index (χ1n) is 4.49. The summed E-state index contributed by atoms with van der Waals surface area (Å²) >= 11 is 5.78. The molecule has 1 aliphatic heterocycles. The molecule has 0 atom stereocenters. The van der Waals surface area contributed by atoms with E-state index in [9.17, 15) is 10.1 Å². The third-order valence-corrected chi connectivity index (χ3v) is 2.74. The number of nitro groups is 1. The lowest BCUT2D eigenvalue weighted by Gasteiger charge is -2.20. The maximum absolute atomic E-state index is 10.7. The molecule has 2 rings (SSSR count). The standard InChI is InChI=1S/C9H7BClNO3/c10-7-8(11)6(12(13)14)4-5-2-1-3-15-9(5)7/h4H,1-3H2. The molecule has 0 bridgehead atoms. The molecule has 76 valence electrons. The summed E-state index contributed by atoms with van der Waals surface area (Å²) in [6.45, 7) is 0.575. The molecule has 0 N–H and O–H groups in total. The summed E-state index contributed by atoms with van der Waals surface area (Å²) in [5.74, 6) is 0.497. The van der Waals surface area contributed by atoms with Crippen molar-refractivity contribution in [3.8, 4) is 5.75 Å². The zero-order valence-electron chi connectivity index (χ0n) is 7.83. The van der Waals surface area contributed by atoms with E-state index in [-0.39, 0.29) is 16.2 Å². The molecule has 1 aliphatic rings. The van der Waals surface area contributed by atoms with Gasteiger partial charge in [0.25, 0.3) is 5.69 Å². The Morgan fingerprint density at radius 1 is 1.60 bits per heavy atom. The smallest absolute Gasteiger partial charge is 0.287 e. The molecule has 0 unspecified atom stereocenters. The Labute approximate surface area is 92.7 Å². The van der Waals surface area contributed by atoms with Crippen LogP contribution in [-0.4, -0.2) is 19.4 Å². The van der Waals surface area contributed by atoms with Gasteiger partial charge in [-0.15, -0.1) is 0 Å². The number of aryl methyl sites for hydroxylation is 1. The van der Waals surface area contributed by atoms with E-state index in [0.717, 1.165) is 18.4 Å². The number of hydrogen-bond donors (Lipinski definition) is 0. The number of rotatable bonds is 1. The fourth-order valence-electron chi connectivity index (χ4n) is 1.63. The highest BCUT2D eigenvalue weighted by Gasteiger charge is 2.23. The fraction of sp³-hybridized carbons (Fsp3) is 0.333. The van der Waals surface area contributed by atoms with Crippen LogP contribution in [0.3, 0.4) is 0 Å². The number of nitro benzene ring substituents is 1. The van der Waals surface area contributed by atoms with Gasteiger partial charge in [0, 0.05) is 11.6 Å². The molecule has 0 saturated carbocycles. The van der Waals surface area contributed by atoms with E-state index in [1.54, 1.807) is 0 Å². The minimum atomic E-state index is -0.534. The van der Waals surface area contributed by atoms with Crippen molar-refractivity contribution in [2.75, 3.05) is 6.61 Å². The topological polar surface area (TPSA) is 52.4 Å². The minimum Gasteiger partial charge on any atom is -0.494 e. The van der Waals surface area contributed by atoms with Crippen LogP contribution < -0.4 is 10.2 Å². The van der Waals surface area contributed by atoms with Crippen molar-refractivity contribution in [2.24, 2.45) is 0 Å². The molecular formula is C9H7BClNO3. The number of halogens is 1. The van der Waals surface area contributed by atoms with Gasteiger partial charge in [0.1, 0.15) is 18.6 Å². The van der Waals surface area contributed by atoms with Crippen molar-refractivity contribution in [2.45, 2.75) is 12.8 Å². The van der Waals surface area contributed by atoms with Gasteiger partial charge in [0.15, 0.2) is 0 Å². The van der Waals surface area contributed by atoms with Crippen LogP contribution in [0.25, 0.3) is 0 Å². The molecule has 0 amide bonds. The van der Waals surface area contributed by atoms with Crippen molar-refractivity contribution >= 4 is 30.6 Å². The maximum Gasteiger partial charge on any atom is 0.287 e. The lowest BCUT2D eigenvalue weighted by atomic mass is 9.89. The monoisotopic (exact) mass is 223 g/mol. The summed E-state index contributed by atoms with van der Waals surface area (Å²) in [6, 6.07) is 1.44. The van der Waals surface area contributed by atoms with E-state index in [4.69, 9.17) is 24.2 Å². The highest BCUT2D eigenvalue weighted by molar-refractivity contribution is 6.47. The van der Waals surface area contributed by atoms with Crippen LogP contribution in [0.4, 0.5) is 5.69 Å². The van der Waals surface area contributed by atoms with Gasteiger partial charge in [-0.05, 0) is 18.3 Å². The van der Waals surface area contributed by atoms with Crippen molar-refractivity contribution in [3.63, 3.8) is 0 Å². The van der Waals surface area contributed by atoms with Crippen molar-refractivity contribution in [3.05, 3.63) is 26.8 Å². The summed E-state index contributed by atoms with van der Waals surface area (Å²) in [7, 11) is 5.68. The first-order chi connectivity index (χ1) is 7.11. The Morgan fingerprint density at radius 3 is 3.00 bits per heavy atom. The van der Waals surface area contributed by atoms with Gasteiger partial charge in [-0.2, -0.15) is 0 Å². The van der Waals surface area contributed by atoms with Gasteiger partial charge >= 0.3 is 0 Å². The van der Waals surface area contributed by atoms with Gasteiger partial charge in [-0.25, -0.2) is 0 Å². The van der Waals surface area contributed by atoms with E-state index < -0.39 is 4.92 Å². The molecule has 1 aromatic rings. The highest BCUT2D eigenvalue weighted by Crippen LogP contribution is 2.32. The maximum atomic E-state index is 10.7. The molecule has 0 fully saturated rings. The third-order valence-electron chi connectivity index (χ3n) is 2.34. The Balaban J connectivity index is 2.63. The van der Waals surface area contributed by atoms with E-state index in [2.05, 4.69) is 0 Å².